The summed E-state index contributed by atoms with van der Waals surface area (Å²) in [4.78, 5) is 14.4. The van der Waals surface area contributed by atoms with E-state index in [-0.39, 0.29) is 18.1 Å². The van der Waals surface area contributed by atoms with E-state index in [2.05, 4.69) is 9.72 Å². The molecular weight excluding hydrogens is 275 g/mol. The largest absolute Gasteiger partial charge is 0.484 e. The third-order valence-corrected chi connectivity index (χ3v) is 2.49. The molecule has 0 spiro atoms. The van der Waals surface area contributed by atoms with Crippen LogP contribution in [0.1, 0.15) is 17.4 Å². The van der Waals surface area contributed by atoms with E-state index in [1.54, 1.807) is 13.0 Å². The molecule has 0 saturated carbocycles. The van der Waals surface area contributed by atoms with Crippen molar-refractivity contribution in [2.75, 3.05) is 13.2 Å². The van der Waals surface area contributed by atoms with Crippen molar-refractivity contribution >= 4 is 16.9 Å². The van der Waals surface area contributed by atoms with E-state index < -0.39 is 18.8 Å². The molecule has 1 aromatic carbocycles. The first-order valence-corrected chi connectivity index (χ1v) is 5.88. The van der Waals surface area contributed by atoms with Crippen molar-refractivity contribution in [2.45, 2.75) is 13.1 Å². The highest BCUT2D eigenvalue weighted by atomic mass is 19.4. The van der Waals surface area contributed by atoms with E-state index >= 15 is 0 Å². The van der Waals surface area contributed by atoms with Crippen molar-refractivity contribution in [3.63, 3.8) is 0 Å². The van der Waals surface area contributed by atoms with Gasteiger partial charge in [-0.1, -0.05) is 0 Å². The number of rotatable bonds is 4. The second-order valence-corrected chi connectivity index (χ2v) is 4.06. The molecule has 1 heterocycles. The number of aromatic nitrogens is 1. The fourth-order valence-electron chi connectivity index (χ4n) is 1.68. The molecule has 0 aliphatic carbocycles. The van der Waals surface area contributed by atoms with Gasteiger partial charge in [0.15, 0.2) is 6.61 Å². The number of benzene rings is 1. The Balaban J connectivity index is 2.19. The van der Waals surface area contributed by atoms with E-state index in [1.165, 1.54) is 18.2 Å². The van der Waals surface area contributed by atoms with Crippen LogP contribution < -0.4 is 4.74 Å². The third kappa shape index (κ3) is 3.43. The number of alkyl halides is 3. The Labute approximate surface area is 112 Å². The number of hydrogen-bond donors (Lipinski definition) is 1. The first kappa shape index (κ1) is 14.2. The summed E-state index contributed by atoms with van der Waals surface area (Å²) in [6, 6.07) is 5.89. The summed E-state index contributed by atoms with van der Waals surface area (Å²) in [5.41, 5.74) is 0.863. The highest BCUT2D eigenvalue weighted by molar-refractivity contribution is 5.95. The van der Waals surface area contributed by atoms with Gasteiger partial charge in [0.1, 0.15) is 11.4 Å². The van der Waals surface area contributed by atoms with E-state index in [1.807, 2.05) is 0 Å². The summed E-state index contributed by atoms with van der Waals surface area (Å²) in [6.45, 7) is 0.575. The zero-order valence-electron chi connectivity index (χ0n) is 10.6. The lowest BCUT2D eigenvalue weighted by Gasteiger charge is -2.08. The molecule has 2 rings (SSSR count). The lowest BCUT2D eigenvalue weighted by atomic mass is 10.2. The fraction of sp³-hybridized carbons (Fsp3) is 0.308. The molecule has 0 amide bonds. The van der Waals surface area contributed by atoms with Gasteiger partial charge >= 0.3 is 12.1 Å². The van der Waals surface area contributed by atoms with Crippen LogP contribution in [0.5, 0.6) is 5.75 Å². The standard InChI is InChI=1S/C13H12F3NO3/c1-2-19-12(18)11-6-8-5-9(3-4-10(8)17-11)20-7-13(14,15)16/h3-6,17H,2,7H2,1H3. The van der Waals surface area contributed by atoms with Gasteiger partial charge in [0, 0.05) is 10.9 Å². The van der Waals surface area contributed by atoms with Gasteiger partial charge in [-0.3, -0.25) is 0 Å². The lowest BCUT2D eigenvalue weighted by Crippen LogP contribution is -2.19. The van der Waals surface area contributed by atoms with Crippen molar-refractivity contribution < 1.29 is 27.4 Å². The molecule has 0 aliphatic rings. The summed E-state index contributed by atoms with van der Waals surface area (Å²) >= 11 is 0. The van der Waals surface area contributed by atoms with Crippen molar-refractivity contribution in [3.05, 3.63) is 30.0 Å². The molecule has 1 N–H and O–H groups in total. The molecule has 0 atom stereocenters. The number of carbonyl (C=O) groups is 1. The van der Waals surface area contributed by atoms with Gasteiger partial charge in [-0.05, 0) is 31.2 Å². The van der Waals surface area contributed by atoms with E-state index in [4.69, 9.17) is 4.74 Å². The van der Waals surface area contributed by atoms with Gasteiger partial charge in [0.05, 0.1) is 6.61 Å². The third-order valence-electron chi connectivity index (χ3n) is 2.49. The summed E-state index contributed by atoms with van der Waals surface area (Å²) in [5, 5.41) is 0.577. The van der Waals surface area contributed by atoms with Crippen LogP contribution in [0, 0.1) is 0 Å². The SMILES string of the molecule is CCOC(=O)c1cc2cc(OCC(F)(F)F)ccc2[nH]1. The van der Waals surface area contributed by atoms with E-state index in [0.717, 1.165) is 0 Å². The number of ether oxygens (including phenoxy) is 2. The topological polar surface area (TPSA) is 51.3 Å². The second kappa shape index (κ2) is 5.44. The van der Waals surface area contributed by atoms with Gasteiger partial charge in [-0.15, -0.1) is 0 Å². The van der Waals surface area contributed by atoms with Crippen LogP contribution >= 0.6 is 0 Å². The molecule has 0 fully saturated rings. The van der Waals surface area contributed by atoms with Crippen LogP contribution in [0.25, 0.3) is 10.9 Å². The Hall–Kier alpha value is -2.18. The Kier molecular flexibility index (Phi) is 3.87. The van der Waals surface area contributed by atoms with Gasteiger partial charge < -0.3 is 14.5 Å². The predicted molar refractivity (Wildman–Crippen MR) is 65.8 cm³/mol. The Morgan fingerprint density at radius 1 is 1.30 bits per heavy atom. The number of halogens is 3. The van der Waals surface area contributed by atoms with Crippen molar-refractivity contribution in [1.29, 1.82) is 0 Å². The van der Waals surface area contributed by atoms with Crippen LogP contribution in [-0.2, 0) is 4.74 Å². The second-order valence-electron chi connectivity index (χ2n) is 4.06. The maximum Gasteiger partial charge on any atom is 0.422 e. The Morgan fingerprint density at radius 2 is 2.05 bits per heavy atom. The minimum atomic E-state index is -4.39. The number of carbonyl (C=O) groups excluding carboxylic acids is 1. The highest BCUT2D eigenvalue weighted by Crippen LogP contribution is 2.24. The monoisotopic (exact) mass is 287 g/mol. The normalized spacial score (nSPS) is 11.6. The molecule has 0 aliphatic heterocycles. The van der Waals surface area contributed by atoms with Crippen molar-refractivity contribution in [3.8, 4) is 5.75 Å². The molecule has 0 bridgehead atoms. The van der Waals surface area contributed by atoms with Crippen LogP contribution in [0.4, 0.5) is 13.2 Å². The van der Waals surface area contributed by atoms with Gasteiger partial charge in [0.25, 0.3) is 0 Å². The lowest BCUT2D eigenvalue weighted by molar-refractivity contribution is -0.153. The molecule has 108 valence electrons. The molecule has 7 heteroatoms. The molecule has 2 aromatic rings. The minimum absolute atomic E-state index is 0.0873. The fourth-order valence-corrected chi connectivity index (χ4v) is 1.68. The van der Waals surface area contributed by atoms with Gasteiger partial charge in [0.2, 0.25) is 0 Å². The Morgan fingerprint density at radius 3 is 2.70 bits per heavy atom. The Bertz CT molecular complexity index is 619. The molecule has 1 aromatic heterocycles. The quantitative estimate of drug-likeness (QED) is 0.878. The molecule has 20 heavy (non-hydrogen) atoms. The highest BCUT2D eigenvalue weighted by Gasteiger charge is 2.28. The average Bonchev–Trinajstić information content (AvgIpc) is 2.78. The minimum Gasteiger partial charge on any atom is -0.484 e. The maximum absolute atomic E-state index is 12.1. The molecule has 4 nitrogen and oxygen atoms in total. The number of esters is 1. The summed E-state index contributed by atoms with van der Waals surface area (Å²) in [5.74, 6) is -0.425. The van der Waals surface area contributed by atoms with Crippen LogP contribution in [0.15, 0.2) is 24.3 Å². The summed E-state index contributed by atoms with van der Waals surface area (Å²) in [6.07, 6.45) is -4.39. The van der Waals surface area contributed by atoms with Crippen molar-refractivity contribution in [2.24, 2.45) is 0 Å². The number of hydrogen-bond acceptors (Lipinski definition) is 3. The molecule has 0 saturated heterocycles. The number of aromatic amines is 1. The van der Waals surface area contributed by atoms with Gasteiger partial charge in [-0.25, -0.2) is 4.79 Å². The smallest absolute Gasteiger partial charge is 0.422 e. The maximum atomic E-state index is 12.1. The number of fused-ring (bicyclic) bond motifs is 1. The molecule has 0 radical (unpaired) electrons. The van der Waals surface area contributed by atoms with E-state index in [9.17, 15) is 18.0 Å². The van der Waals surface area contributed by atoms with Gasteiger partial charge in [-0.2, -0.15) is 13.2 Å². The zero-order valence-corrected chi connectivity index (χ0v) is 10.6. The first-order valence-electron chi connectivity index (χ1n) is 5.88. The summed E-state index contributed by atoms with van der Waals surface area (Å²) < 4.78 is 45.6. The molecular formula is C13H12F3NO3. The van der Waals surface area contributed by atoms with E-state index in [0.29, 0.717) is 10.9 Å². The van der Waals surface area contributed by atoms with Crippen LogP contribution in [-0.4, -0.2) is 30.3 Å². The average molecular weight is 287 g/mol. The number of nitrogens with one attached hydrogen (secondary N) is 1. The molecule has 0 unspecified atom stereocenters. The summed E-state index contributed by atoms with van der Waals surface area (Å²) in [7, 11) is 0. The van der Waals surface area contributed by atoms with Crippen LogP contribution in [0.3, 0.4) is 0 Å². The van der Waals surface area contributed by atoms with Crippen LogP contribution in [0.2, 0.25) is 0 Å². The zero-order chi connectivity index (χ0) is 14.8. The van der Waals surface area contributed by atoms with Crippen molar-refractivity contribution in [1.82, 2.24) is 4.98 Å². The first-order chi connectivity index (χ1) is 9.39. The predicted octanol–water partition coefficient (Wildman–Crippen LogP) is 3.29. The number of H-pyrrole nitrogens is 1.